The van der Waals surface area contributed by atoms with Gasteiger partial charge >= 0.3 is 0 Å². The number of amides is 1. The van der Waals surface area contributed by atoms with E-state index in [1.165, 1.54) is 24.4 Å². The molecule has 8 nitrogen and oxygen atoms in total. The maximum absolute atomic E-state index is 14.6. The zero-order chi connectivity index (χ0) is 32.1. The molecule has 0 aliphatic carbocycles. The average Bonchev–Trinajstić information content (AvgIpc) is 3.49. The second kappa shape index (κ2) is 12.1. The lowest BCUT2D eigenvalue weighted by Crippen LogP contribution is -2.49. The molecule has 242 valence electrons. The number of benzene rings is 3. The molecule has 3 saturated heterocycles. The molecule has 46 heavy (non-hydrogen) atoms. The molecular formula is C36H42FN5O3S. The topological polar surface area (TPSA) is 87.5 Å². The first kappa shape index (κ1) is 30.9. The Hall–Kier alpha value is -3.76. The van der Waals surface area contributed by atoms with Gasteiger partial charge in [-0.1, -0.05) is 30.3 Å². The summed E-state index contributed by atoms with van der Waals surface area (Å²) in [6, 6.07) is 23.6. The van der Waals surface area contributed by atoms with Gasteiger partial charge in [-0.25, -0.2) is 17.8 Å². The number of imidazole rings is 1. The predicted octanol–water partition coefficient (Wildman–Crippen LogP) is 6.29. The molecule has 2 unspecified atom stereocenters. The molecule has 2 bridgehead atoms. The van der Waals surface area contributed by atoms with E-state index in [1.807, 2.05) is 4.90 Å². The zero-order valence-electron chi connectivity index (χ0n) is 26.5. The van der Waals surface area contributed by atoms with Gasteiger partial charge in [-0.05, 0) is 112 Å². The Kier molecular flexibility index (Phi) is 8.13. The van der Waals surface area contributed by atoms with Gasteiger partial charge in [-0.15, -0.1) is 0 Å². The summed E-state index contributed by atoms with van der Waals surface area (Å²) < 4.78 is 43.0. The number of carbonyl (C=O) groups excluding carboxylic acids is 1. The van der Waals surface area contributed by atoms with Gasteiger partial charge in [0.05, 0.1) is 17.3 Å². The lowest BCUT2D eigenvalue weighted by atomic mass is 9.70. The van der Waals surface area contributed by atoms with Crippen LogP contribution in [0.15, 0.2) is 72.8 Å². The first-order valence-electron chi connectivity index (χ1n) is 16.4. The number of fused-ring (bicyclic) bond motifs is 3. The minimum Gasteiger partial charge on any atom is -0.339 e. The van der Waals surface area contributed by atoms with Crippen LogP contribution in [0.2, 0.25) is 0 Å². The van der Waals surface area contributed by atoms with Crippen LogP contribution in [0.3, 0.4) is 0 Å². The van der Waals surface area contributed by atoms with Gasteiger partial charge < -0.3 is 9.47 Å². The van der Waals surface area contributed by atoms with Gasteiger partial charge in [0.1, 0.15) is 11.6 Å². The molecule has 0 saturated carbocycles. The van der Waals surface area contributed by atoms with Crippen LogP contribution in [-0.2, 0) is 15.4 Å². The van der Waals surface area contributed by atoms with Crippen molar-refractivity contribution in [1.29, 1.82) is 0 Å². The molecule has 4 aromatic rings. The molecule has 7 rings (SSSR count). The number of nitrogens with zero attached hydrogens (tertiary/aromatic N) is 4. The van der Waals surface area contributed by atoms with Crippen molar-refractivity contribution in [2.24, 2.45) is 0 Å². The molecule has 4 heterocycles. The van der Waals surface area contributed by atoms with E-state index in [-0.39, 0.29) is 17.1 Å². The van der Waals surface area contributed by atoms with Gasteiger partial charge in [0.15, 0.2) is 0 Å². The van der Waals surface area contributed by atoms with Gasteiger partial charge in [0.2, 0.25) is 10.0 Å². The minimum absolute atomic E-state index is 0.118. The number of hydrogen-bond acceptors (Lipinski definition) is 5. The molecule has 3 aliphatic heterocycles. The van der Waals surface area contributed by atoms with E-state index >= 15 is 0 Å². The highest BCUT2D eigenvalue weighted by molar-refractivity contribution is 7.92. The summed E-state index contributed by atoms with van der Waals surface area (Å²) in [5.41, 5.74) is 3.90. The molecule has 2 atom stereocenters. The molecule has 1 amide bonds. The summed E-state index contributed by atoms with van der Waals surface area (Å²) >= 11 is 0. The Morgan fingerprint density at radius 3 is 2.39 bits per heavy atom. The van der Waals surface area contributed by atoms with Crippen molar-refractivity contribution >= 4 is 32.7 Å². The van der Waals surface area contributed by atoms with Crippen molar-refractivity contribution in [2.75, 3.05) is 30.6 Å². The molecule has 3 fully saturated rings. The third kappa shape index (κ3) is 6.05. The largest absolute Gasteiger partial charge is 0.339 e. The van der Waals surface area contributed by atoms with Crippen LogP contribution in [-0.4, -0.2) is 71.6 Å². The van der Waals surface area contributed by atoms with Crippen LogP contribution >= 0.6 is 0 Å². The maximum Gasteiger partial charge on any atom is 0.253 e. The molecular weight excluding hydrogens is 601 g/mol. The number of aryl methyl sites for hydroxylation is 1. The Bertz CT molecular complexity index is 1850. The van der Waals surface area contributed by atoms with Crippen molar-refractivity contribution in [3.05, 3.63) is 95.6 Å². The Morgan fingerprint density at radius 1 is 0.957 bits per heavy atom. The summed E-state index contributed by atoms with van der Waals surface area (Å²) in [6.07, 6.45) is 8.13. The quantitative estimate of drug-likeness (QED) is 0.244. The standard InChI is InChI=1S/C36H42FN5O3S/c1-25-38-33-11-3-4-12-34(33)42(25)32-23-30-13-14-31(24-32)41(30)20-17-36(27-8-6-9-28(37)22-27)15-18-40(19-16-36)35(43)26-7-5-10-29(21-26)39-46(2,44)45/h3-12,21-22,30-32,39H,13-20,23-24H2,1-2H3. The number of piperidine rings is 2. The molecule has 3 aliphatic rings. The van der Waals surface area contributed by atoms with Crippen molar-refractivity contribution in [2.45, 2.75) is 75.4 Å². The van der Waals surface area contributed by atoms with E-state index in [4.69, 9.17) is 4.98 Å². The molecule has 0 spiro atoms. The van der Waals surface area contributed by atoms with Crippen LogP contribution in [0, 0.1) is 12.7 Å². The van der Waals surface area contributed by atoms with E-state index in [9.17, 15) is 17.6 Å². The number of anilines is 1. The number of para-hydroxylation sites is 2. The first-order chi connectivity index (χ1) is 22.1. The second-order valence-corrected chi connectivity index (χ2v) is 15.3. The van der Waals surface area contributed by atoms with Gasteiger partial charge in [-0.2, -0.15) is 0 Å². The first-order valence-corrected chi connectivity index (χ1v) is 18.3. The third-order valence-electron chi connectivity index (χ3n) is 10.7. The number of hydrogen-bond donors (Lipinski definition) is 1. The van der Waals surface area contributed by atoms with Gasteiger partial charge in [-0.3, -0.25) is 14.4 Å². The van der Waals surface area contributed by atoms with Crippen molar-refractivity contribution < 1.29 is 17.6 Å². The smallest absolute Gasteiger partial charge is 0.253 e. The monoisotopic (exact) mass is 643 g/mol. The highest BCUT2D eigenvalue weighted by Gasteiger charge is 2.44. The van der Waals surface area contributed by atoms with Crippen LogP contribution in [0.25, 0.3) is 11.0 Å². The van der Waals surface area contributed by atoms with Crippen LogP contribution < -0.4 is 4.72 Å². The van der Waals surface area contributed by atoms with Crippen molar-refractivity contribution in [3.63, 3.8) is 0 Å². The number of sulfonamides is 1. The molecule has 3 aromatic carbocycles. The lowest BCUT2D eigenvalue weighted by molar-refractivity contribution is 0.0606. The Morgan fingerprint density at radius 2 is 1.67 bits per heavy atom. The maximum atomic E-state index is 14.6. The molecule has 1 N–H and O–H groups in total. The van der Waals surface area contributed by atoms with Gasteiger partial charge in [0.25, 0.3) is 5.91 Å². The lowest BCUT2D eigenvalue weighted by Gasteiger charge is -2.45. The number of halogens is 1. The molecule has 0 radical (unpaired) electrons. The number of carbonyl (C=O) groups is 1. The van der Waals surface area contributed by atoms with Crippen LogP contribution in [0.1, 0.15) is 72.7 Å². The van der Waals surface area contributed by atoms with E-state index < -0.39 is 10.0 Å². The summed E-state index contributed by atoms with van der Waals surface area (Å²) in [4.78, 5) is 22.9. The van der Waals surface area contributed by atoms with Crippen LogP contribution in [0.5, 0.6) is 0 Å². The fourth-order valence-corrected chi connectivity index (χ4v) is 9.10. The summed E-state index contributed by atoms with van der Waals surface area (Å²) in [7, 11) is -3.45. The number of likely N-dealkylation sites (tertiary alicyclic amines) is 1. The SMILES string of the molecule is Cc1nc2ccccc2n1C1CC2CCC(C1)N2CCC1(c2cccc(F)c2)CCN(C(=O)c2cccc(NS(C)(=O)=O)c2)CC1. The third-order valence-corrected chi connectivity index (χ3v) is 11.3. The Balaban J connectivity index is 1.06. The number of aromatic nitrogens is 2. The zero-order valence-corrected chi connectivity index (χ0v) is 27.3. The summed E-state index contributed by atoms with van der Waals surface area (Å²) in [5.74, 6) is 0.741. The summed E-state index contributed by atoms with van der Waals surface area (Å²) in [6.45, 7) is 4.19. The minimum atomic E-state index is -3.45. The fraction of sp³-hybridized carbons (Fsp3) is 0.444. The Labute approximate surface area is 270 Å². The average molecular weight is 644 g/mol. The predicted molar refractivity (Wildman–Crippen MR) is 179 cm³/mol. The number of nitrogens with one attached hydrogen (secondary N) is 1. The van der Waals surface area contributed by atoms with Crippen molar-refractivity contribution in [1.82, 2.24) is 19.4 Å². The highest BCUT2D eigenvalue weighted by Crippen LogP contribution is 2.45. The molecule has 1 aromatic heterocycles. The van der Waals surface area contributed by atoms with Crippen molar-refractivity contribution in [3.8, 4) is 0 Å². The van der Waals surface area contributed by atoms with E-state index in [2.05, 4.69) is 51.4 Å². The molecule has 10 heteroatoms. The van der Waals surface area contributed by atoms with E-state index in [0.717, 1.165) is 61.8 Å². The van der Waals surface area contributed by atoms with Crippen LogP contribution in [0.4, 0.5) is 10.1 Å². The normalized spacial score (nSPS) is 23.1. The number of rotatable bonds is 8. The summed E-state index contributed by atoms with van der Waals surface area (Å²) in [5, 5.41) is 0. The fourth-order valence-electron chi connectivity index (χ4n) is 8.54. The highest BCUT2D eigenvalue weighted by atomic mass is 32.2. The second-order valence-electron chi connectivity index (χ2n) is 13.6. The van der Waals surface area contributed by atoms with E-state index in [1.54, 1.807) is 36.4 Å². The van der Waals surface area contributed by atoms with Gasteiger partial charge in [0, 0.05) is 42.5 Å². The van der Waals surface area contributed by atoms with E-state index in [0.29, 0.717) is 42.5 Å².